The average molecular weight is 193 g/mol. The van der Waals surface area contributed by atoms with Crippen molar-refractivity contribution in [3.05, 3.63) is 0 Å². The van der Waals surface area contributed by atoms with Crippen LogP contribution in [0.3, 0.4) is 0 Å². The van der Waals surface area contributed by atoms with Gasteiger partial charge in [-0.05, 0) is 0 Å². The van der Waals surface area contributed by atoms with E-state index in [-0.39, 0.29) is 0 Å². The van der Waals surface area contributed by atoms with Crippen molar-refractivity contribution in [2.24, 2.45) is 0 Å². The van der Waals surface area contributed by atoms with Crippen molar-refractivity contribution in [2.75, 3.05) is 0 Å². The Hall–Kier alpha value is 0.569. The van der Waals surface area contributed by atoms with Crippen LogP contribution in [0.1, 0.15) is 0 Å². The molecule has 0 amide bonds. The van der Waals surface area contributed by atoms with E-state index in [4.69, 9.17) is 25.1 Å². The van der Waals surface area contributed by atoms with Crippen LogP contribution in [0.2, 0.25) is 0 Å². The normalized spacial score (nSPS) is 27.1. The molecule has 0 atom stereocenters. The van der Waals surface area contributed by atoms with Crippen LogP contribution in [0.25, 0.3) is 0 Å². The summed E-state index contributed by atoms with van der Waals surface area (Å²) in [5.41, 5.74) is 0. The van der Waals surface area contributed by atoms with Crippen molar-refractivity contribution in [2.45, 2.75) is 0 Å². The van der Waals surface area contributed by atoms with Crippen LogP contribution in [0, 0.1) is 0 Å². The first-order valence-electron chi connectivity index (χ1n) is 1.08. The topological polar surface area (TPSA) is 121 Å². The molecule has 0 unspecified atom stereocenters. The van der Waals surface area contributed by atoms with Gasteiger partial charge in [0.05, 0.1) is 0 Å². The SMILES string of the molecule is [OH][Fe]([OH])([OH])([OH])([OH])([OH])[Cl]. The molecule has 8 heavy (non-hydrogen) atoms. The number of hydrogen-bond acceptors (Lipinski definition) is 6. The van der Waals surface area contributed by atoms with Crippen LogP contribution in [0.4, 0.5) is 0 Å². The van der Waals surface area contributed by atoms with Crippen molar-refractivity contribution in [1.29, 1.82) is 0 Å². The van der Waals surface area contributed by atoms with E-state index in [1.165, 1.54) is 0 Å². The summed E-state index contributed by atoms with van der Waals surface area (Å²) in [5.74, 6) is 0. The fourth-order valence-electron chi connectivity index (χ4n) is 0. The van der Waals surface area contributed by atoms with Crippen LogP contribution in [-0.2, 0) is 10.7 Å². The Kier molecular flexibility index (Phi) is 0.752. The summed E-state index contributed by atoms with van der Waals surface area (Å²) in [7, 11) is -5.08. The molecule has 8 heteroatoms. The fraction of sp³-hybridized carbons (Fsp3) is 0. The van der Waals surface area contributed by atoms with E-state index in [1.54, 1.807) is 0 Å². The summed E-state index contributed by atoms with van der Waals surface area (Å²) in [4.78, 5) is 0. The van der Waals surface area contributed by atoms with Gasteiger partial charge in [-0.15, -0.1) is 0 Å². The Morgan fingerprint density at radius 2 is 0.750 bits per heavy atom. The summed E-state index contributed by atoms with van der Waals surface area (Å²) in [6.07, 6.45) is 0. The molecule has 0 heterocycles. The Morgan fingerprint density at radius 1 is 0.750 bits per heavy atom. The van der Waals surface area contributed by atoms with Gasteiger partial charge in [0.25, 0.3) is 0 Å². The summed E-state index contributed by atoms with van der Waals surface area (Å²) < 4.78 is 45.6. The molecule has 0 aliphatic heterocycles. The van der Waals surface area contributed by atoms with Crippen molar-refractivity contribution in [3.8, 4) is 0 Å². The zero-order chi connectivity index (χ0) is 7.38. The van der Waals surface area contributed by atoms with Gasteiger partial charge >= 0.3 is 46.0 Å². The van der Waals surface area contributed by atoms with Gasteiger partial charge in [-0.1, -0.05) is 0 Å². The van der Waals surface area contributed by atoms with E-state index in [1.807, 2.05) is 0 Å². The quantitative estimate of drug-likeness (QED) is 0.234. The molecule has 0 bridgehead atoms. The molecule has 0 saturated carbocycles. The number of rotatable bonds is 0. The van der Waals surface area contributed by atoms with Gasteiger partial charge in [-0.25, -0.2) is 0 Å². The molecule has 0 rings (SSSR count). The Bertz CT molecular complexity index is 101. The van der Waals surface area contributed by atoms with E-state index in [9.17, 15) is 0 Å². The molecule has 0 aromatic rings. The zero-order valence-corrected chi connectivity index (χ0v) is 5.27. The van der Waals surface area contributed by atoms with Crippen LogP contribution < -0.4 is 0 Å². The molecule has 0 aromatic heterocycles. The minimum atomic E-state index is -8.85. The van der Waals surface area contributed by atoms with E-state index in [2.05, 4.69) is 10.1 Å². The molecular formula is H6ClFeO6. The second-order valence-electron chi connectivity index (χ2n) is 1.42. The predicted octanol–water partition coefficient (Wildman–Crippen LogP) is -2.65. The van der Waals surface area contributed by atoms with Crippen LogP contribution >= 0.6 is 10.1 Å². The zero-order valence-electron chi connectivity index (χ0n) is 3.41. The molecule has 0 spiro atoms. The van der Waals surface area contributed by atoms with Crippen LogP contribution in [-0.4, -0.2) is 25.1 Å². The van der Waals surface area contributed by atoms with Crippen LogP contribution in [0.5, 0.6) is 0 Å². The molecule has 6 nitrogen and oxygen atoms in total. The van der Waals surface area contributed by atoms with E-state index in [0.717, 1.165) is 0 Å². The molecule has 0 saturated heterocycles. The monoisotopic (exact) mass is 193 g/mol. The molecule has 0 aromatic carbocycles. The van der Waals surface area contributed by atoms with Gasteiger partial charge in [0, 0.05) is 0 Å². The third kappa shape index (κ3) is 628. The standard InChI is InChI=1S/ClH.Fe.6H2O/h1H;;6*1H2/q;+7;;;;;;/p-7. The third-order valence-electron chi connectivity index (χ3n) is 0. The maximum atomic E-state index is 7.60. The second-order valence-corrected chi connectivity index (χ2v) is 8.81. The van der Waals surface area contributed by atoms with Gasteiger partial charge in [-0.2, -0.15) is 0 Å². The fourth-order valence-corrected chi connectivity index (χ4v) is 0. The summed E-state index contributed by atoms with van der Waals surface area (Å²) >= 11 is 0. The molecule has 6 N–H and O–H groups in total. The van der Waals surface area contributed by atoms with Gasteiger partial charge in [-0.3, -0.25) is 0 Å². The van der Waals surface area contributed by atoms with Crippen molar-refractivity contribution < 1.29 is 35.9 Å². The summed E-state index contributed by atoms with van der Waals surface area (Å²) in [6.45, 7) is 0. The van der Waals surface area contributed by atoms with Gasteiger partial charge in [0.1, 0.15) is 0 Å². The number of hydrogen-bond donors (Lipinski definition) is 6. The summed E-state index contributed by atoms with van der Waals surface area (Å²) in [6, 6.07) is 0. The predicted molar refractivity (Wildman–Crippen MR) is 19.2 cm³/mol. The third-order valence-corrected chi connectivity index (χ3v) is 0. The van der Waals surface area contributed by atoms with Gasteiger partial charge in [0.15, 0.2) is 0 Å². The van der Waals surface area contributed by atoms with E-state index >= 15 is 0 Å². The molecule has 57 valence electrons. The average Bonchev–Trinajstić information content (AvgIpc) is 0.544. The van der Waals surface area contributed by atoms with Crippen molar-refractivity contribution in [1.82, 2.24) is 0 Å². The molecule has 0 radical (unpaired) electrons. The Balaban J connectivity index is 5.14. The van der Waals surface area contributed by atoms with E-state index < -0.39 is 10.7 Å². The number of halogens is 1. The van der Waals surface area contributed by atoms with Gasteiger partial charge in [0.2, 0.25) is 0 Å². The Labute approximate surface area is 46.6 Å². The van der Waals surface area contributed by atoms with E-state index in [0.29, 0.717) is 0 Å². The van der Waals surface area contributed by atoms with Crippen LogP contribution in [0.15, 0.2) is 0 Å². The first kappa shape index (κ1) is 8.57. The molecular weight excluding hydrogens is 187 g/mol. The maximum absolute atomic E-state index is 8.85. The first-order valence-corrected chi connectivity index (χ1v) is 5.56. The second kappa shape index (κ2) is 0.702. The molecule has 0 aliphatic carbocycles. The first-order chi connectivity index (χ1) is 2.65. The van der Waals surface area contributed by atoms with Crippen molar-refractivity contribution in [3.63, 3.8) is 0 Å². The van der Waals surface area contributed by atoms with Crippen molar-refractivity contribution >= 4 is 10.1 Å². The molecule has 0 fully saturated rings. The van der Waals surface area contributed by atoms with Gasteiger partial charge < -0.3 is 0 Å². The minimum absolute atomic E-state index is 3.77. The summed E-state index contributed by atoms with van der Waals surface area (Å²) in [5, 5.41) is 0. The molecule has 0 aliphatic rings. The Morgan fingerprint density at radius 3 is 0.750 bits per heavy atom.